The average molecular weight is 276 g/mol. The van der Waals surface area contributed by atoms with Crippen molar-refractivity contribution in [3.05, 3.63) is 42.7 Å². The first-order valence-corrected chi connectivity index (χ1v) is 6.33. The third-order valence-electron chi connectivity index (χ3n) is 3.02. The lowest BCUT2D eigenvalue weighted by Gasteiger charge is -2.15. The lowest BCUT2D eigenvalue weighted by Crippen LogP contribution is -2.39. The summed E-state index contributed by atoms with van der Waals surface area (Å²) >= 11 is 0. The number of hydrogen-bond acceptors (Lipinski definition) is 3. The van der Waals surface area contributed by atoms with Crippen LogP contribution in [0, 0.1) is 11.7 Å². The van der Waals surface area contributed by atoms with E-state index in [2.05, 4.69) is 10.3 Å². The highest BCUT2D eigenvalue weighted by Gasteiger charge is 2.17. The monoisotopic (exact) mass is 276 g/mol. The number of carbonyl (C=O) groups excluding carboxylic acids is 1. The molecule has 20 heavy (non-hydrogen) atoms. The third-order valence-corrected chi connectivity index (χ3v) is 3.02. The second-order valence-electron chi connectivity index (χ2n) is 4.90. The Morgan fingerprint density at radius 1 is 1.45 bits per heavy atom. The Bertz CT molecular complexity index is 595. The molecule has 0 bridgehead atoms. The summed E-state index contributed by atoms with van der Waals surface area (Å²) in [6.07, 6.45) is 4.72. The van der Waals surface area contributed by atoms with Crippen LogP contribution in [-0.2, 0) is 4.79 Å². The van der Waals surface area contributed by atoms with Crippen molar-refractivity contribution < 1.29 is 9.18 Å². The Morgan fingerprint density at radius 3 is 2.75 bits per heavy atom. The van der Waals surface area contributed by atoms with Gasteiger partial charge in [-0.1, -0.05) is 13.8 Å². The van der Waals surface area contributed by atoms with Crippen LogP contribution in [0.4, 0.5) is 10.1 Å². The number of amides is 1. The van der Waals surface area contributed by atoms with E-state index in [1.807, 2.05) is 13.8 Å². The maximum Gasteiger partial charge on any atom is 0.241 e. The number of aromatic nitrogens is 2. The minimum Gasteiger partial charge on any atom is -0.325 e. The Balaban J connectivity index is 2.16. The number of nitrogens with one attached hydrogen (secondary N) is 1. The van der Waals surface area contributed by atoms with Crippen molar-refractivity contribution in [3.8, 4) is 5.69 Å². The van der Waals surface area contributed by atoms with E-state index in [9.17, 15) is 9.18 Å². The molecule has 106 valence electrons. The molecule has 5 nitrogen and oxygen atoms in total. The van der Waals surface area contributed by atoms with Crippen molar-refractivity contribution in [2.75, 3.05) is 5.32 Å². The third kappa shape index (κ3) is 3.03. The molecular formula is C14H17FN4O. The van der Waals surface area contributed by atoms with Crippen LogP contribution in [0.2, 0.25) is 0 Å². The quantitative estimate of drug-likeness (QED) is 0.896. The van der Waals surface area contributed by atoms with E-state index in [0.717, 1.165) is 0 Å². The lowest BCUT2D eigenvalue weighted by atomic mass is 10.0. The van der Waals surface area contributed by atoms with E-state index in [0.29, 0.717) is 11.4 Å². The fraction of sp³-hybridized carbons (Fsp3) is 0.286. The molecular weight excluding hydrogens is 259 g/mol. The van der Waals surface area contributed by atoms with Crippen LogP contribution in [0.1, 0.15) is 13.8 Å². The van der Waals surface area contributed by atoms with Gasteiger partial charge in [0.25, 0.3) is 0 Å². The van der Waals surface area contributed by atoms with Crippen LogP contribution >= 0.6 is 0 Å². The molecule has 0 aliphatic heterocycles. The minimum atomic E-state index is -0.619. The molecule has 1 heterocycles. The zero-order chi connectivity index (χ0) is 14.7. The number of nitrogens with two attached hydrogens (primary N) is 1. The normalized spacial score (nSPS) is 12.4. The summed E-state index contributed by atoms with van der Waals surface area (Å²) in [6, 6.07) is 3.85. The summed E-state index contributed by atoms with van der Waals surface area (Å²) in [5.41, 5.74) is 6.49. The number of halogens is 1. The summed E-state index contributed by atoms with van der Waals surface area (Å²) in [5, 5.41) is 2.61. The van der Waals surface area contributed by atoms with Gasteiger partial charge in [-0.15, -0.1) is 0 Å². The summed E-state index contributed by atoms with van der Waals surface area (Å²) in [5.74, 6) is -0.751. The number of nitrogens with zero attached hydrogens (tertiary/aromatic N) is 2. The highest BCUT2D eigenvalue weighted by molar-refractivity contribution is 5.94. The van der Waals surface area contributed by atoms with Gasteiger partial charge in [0.15, 0.2) is 0 Å². The van der Waals surface area contributed by atoms with E-state index in [4.69, 9.17) is 5.73 Å². The number of hydrogen-bond donors (Lipinski definition) is 2. The molecule has 0 radical (unpaired) electrons. The lowest BCUT2D eigenvalue weighted by molar-refractivity contribution is -0.118. The number of anilines is 1. The molecule has 0 fully saturated rings. The molecule has 0 aliphatic carbocycles. The van der Waals surface area contributed by atoms with Crippen LogP contribution < -0.4 is 11.1 Å². The molecule has 3 N–H and O–H groups in total. The Morgan fingerprint density at radius 2 is 2.20 bits per heavy atom. The second kappa shape index (κ2) is 5.83. The van der Waals surface area contributed by atoms with E-state index in [-0.39, 0.29) is 11.8 Å². The zero-order valence-electron chi connectivity index (χ0n) is 11.4. The van der Waals surface area contributed by atoms with Gasteiger partial charge in [0.1, 0.15) is 5.82 Å². The smallest absolute Gasteiger partial charge is 0.241 e. The standard InChI is InChI=1S/C14H17FN4O/c1-9(2)13(16)14(20)18-10-3-4-12(11(15)7-10)19-6-5-17-8-19/h3-9,13H,16H2,1-2H3,(H,18,20)/t13-/m0/s1. The number of rotatable bonds is 4. The van der Waals surface area contributed by atoms with E-state index in [1.165, 1.54) is 12.4 Å². The molecule has 0 saturated heterocycles. The maximum atomic E-state index is 14.0. The predicted molar refractivity (Wildman–Crippen MR) is 75.0 cm³/mol. The maximum absolute atomic E-state index is 14.0. The molecule has 0 aliphatic rings. The zero-order valence-corrected chi connectivity index (χ0v) is 11.4. The van der Waals surface area contributed by atoms with Crippen molar-refractivity contribution in [1.82, 2.24) is 9.55 Å². The first kappa shape index (κ1) is 14.2. The van der Waals surface area contributed by atoms with Crippen molar-refractivity contribution in [1.29, 1.82) is 0 Å². The molecule has 1 amide bonds. The van der Waals surface area contributed by atoms with Crippen LogP contribution in [0.3, 0.4) is 0 Å². The number of benzene rings is 1. The van der Waals surface area contributed by atoms with Gasteiger partial charge in [-0.25, -0.2) is 9.37 Å². The Kier molecular flexibility index (Phi) is 4.14. The van der Waals surface area contributed by atoms with Crippen LogP contribution in [0.15, 0.2) is 36.9 Å². The molecule has 2 rings (SSSR count). The van der Waals surface area contributed by atoms with Gasteiger partial charge in [0.05, 0.1) is 18.1 Å². The van der Waals surface area contributed by atoms with Gasteiger partial charge >= 0.3 is 0 Å². The first-order valence-electron chi connectivity index (χ1n) is 6.33. The summed E-state index contributed by atoms with van der Waals surface area (Å²) < 4.78 is 15.5. The van der Waals surface area contributed by atoms with Gasteiger partial charge in [0.2, 0.25) is 5.91 Å². The Hall–Kier alpha value is -2.21. The first-order chi connectivity index (χ1) is 9.49. The van der Waals surface area contributed by atoms with Gasteiger partial charge < -0.3 is 15.6 Å². The van der Waals surface area contributed by atoms with Gasteiger partial charge in [-0.3, -0.25) is 4.79 Å². The van der Waals surface area contributed by atoms with Crippen LogP contribution in [0.25, 0.3) is 5.69 Å². The van der Waals surface area contributed by atoms with Gasteiger partial charge in [0, 0.05) is 18.1 Å². The largest absolute Gasteiger partial charge is 0.325 e. The fourth-order valence-corrected chi connectivity index (χ4v) is 1.72. The number of imidazole rings is 1. The molecule has 0 saturated carbocycles. The predicted octanol–water partition coefficient (Wildman–Crippen LogP) is 1.93. The van der Waals surface area contributed by atoms with E-state index >= 15 is 0 Å². The molecule has 1 aromatic heterocycles. The van der Waals surface area contributed by atoms with Gasteiger partial charge in [-0.05, 0) is 24.1 Å². The molecule has 1 aromatic carbocycles. The Labute approximate surface area is 116 Å². The molecule has 0 spiro atoms. The molecule has 6 heteroatoms. The van der Waals surface area contributed by atoms with E-state index < -0.39 is 11.9 Å². The van der Waals surface area contributed by atoms with Crippen LogP contribution in [0.5, 0.6) is 0 Å². The van der Waals surface area contributed by atoms with E-state index in [1.54, 1.807) is 29.1 Å². The van der Waals surface area contributed by atoms with Gasteiger partial charge in [-0.2, -0.15) is 0 Å². The van der Waals surface area contributed by atoms with Crippen molar-refractivity contribution >= 4 is 11.6 Å². The summed E-state index contributed by atoms with van der Waals surface area (Å²) in [7, 11) is 0. The average Bonchev–Trinajstić information content (AvgIpc) is 2.91. The van der Waals surface area contributed by atoms with Crippen LogP contribution in [-0.4, -0.2) is 21.5 Å². The highest BCUT2D eigenvalue weighted by Crippen LogP contribution is 2.18. The fourth-order valence-electron chi connectivity index (χ4n) is 1.72. The molecule has 0 unspecified atom stereocenters. The highest BCUT2D eigenvalue weighted by atomic mass is 19.1. The van der Waals surface area contributed by atoms with Crippen molar-refractivity contribution in [2.24, 2.45) is 11.7 Å². The molecule has 2 aromatic rings. The minimum absolute atomic E-state index is 0.0186. The second-order valence-corrected chi connectivity index (χ2v) is 4.90. The SMILES string of the molecule is CC(C)[C@H](N)C(=O)Nc1ccc(-n2ccnc2)c(F)c1. The topological polar surface area (TPSA) is 72.9 Å². The number of carbonyl (C=O) groups is 1. The molecule has 1 atom stereocenters. The summed E-state index contributed by atoms with van der Waals surface area (Å²) in [4.78, 5) is 15.7. The van der Waals surface area contributed by atoms with Crippen molar-refractivity contribution in [2.45, 2.75) is 19.9 Å². The van der Waals surface area contributed by atoms with Crippen molar-refractivity contribution in [3.63, 3.8) is 0 Å². The summed E-state index contributed by atoms with van der Waals surface area (Å²) in [6.45, 7) is 3.71.